The molecule has 0 aromatic rings. The summed E-state index contributed by atoms with van der Waals surface area (Å²) in [4.78, 5) is 0. The first-order valence-electron chi connectivity index (χ1n) is 7.52. The molecule has 1 unspecified atom stereocenters. The van der Waals surface area contributed by atoms with E-state index in [1.807, 2.05) is 0 Å². The molecule has 1 atom stereocenters. The van der Waals surface area contributed by atoms with Crippen LogP contribution < -0.4 is 5.32 Å². The summed E-state index contributed by atoms with van der Waals surface area (Å²) in [5.41, 5.74) is 0. The third kappa shape index (κ3) is 5.34. The number of hydrogen-bond donors (Lipinski definition) is 1. The summed E-state index contributed by atoms with van der Waals surface area (Å²) in [6, 6.07) is 1.62. The zero-order chi connectivity index (χ0) is 11.8. The highest BCUT2D eigenvalue weighted by Crippen LogP contribution is 2.24. The molecule has 0 aromatic heterocycles. The molecule has 0 aromatic carbocycles. The Balaban J connectivity index is 2.24. The molecule has 1 saturated carbocycles. The Kier molecular flexibility index (Phi) is 7.11. The van der Waals surface area contributed by atoms with E-state index in [0.29, 0.717) is 0 Å². The van der Waals surface area contributed by atoms with E-state index in [4.69, 9.17) is 0 Å². The summed E-state index contributed by atoms with van der Waals surface area (Å²) in [5.74, 6) is 0.971. The Bertz CT molecular complexity index is 159. The van der Waals surface area contributed by atoms with Crippen molar-refractivity contribution in [3.05, 3.63) is 0 Å². The van der Waals surface area contributed by atoms with Crippen molar-refractivity contribution < 1.29 is 0 Å². The second kappa shape index (κ2) is 8.11. The lowest BCUT2D eigenvalue weighted by Gasteiger charge is -2.31. The standard InChI is InChI=1S/C15H31N/c1-4-6-8-14(7-5-2)16-15-11-9-13(3)10-12-15/h13-16H,4-12H2,1-3H3. The third-order valence-corrected chi connectivity index (χ3v) is 4.03. The highest BCUT2D eigenvalue weighted by atomic mass is 14.9. The van der Waals surface area contributed by atoms with Crippen LogP contribution in [0.25, 0.3) is 0 Å². The highest BCUT2D eigenvalue weighted by Gasteiger charge is 2.20. The topological polar surface area (TPSA) is 12.0 Å². The molecule has 16 heavy (non-hydrogen) atoms. The van der Waals surface area contributed by atoms with E-state index in [-0.39, 0.29) is 0 Å². The maximum Gasteiger partial charge on any atom is 0.00698 e. The first kappa shape index (κ1) is 14.0. The van der Waals surface area contributed by atoms with Gasteiger partial charge in [-0.15, -0.1) is 0 Å². The SMILES string of the molecule is CCCCC(CCC)NC1CCC(C)CC1. The van der Waals surface area contributed by atoms with E-state index < -0.39 is 0 Å². The van der Waals surface area contributed by atoms with Crippen LogP contribution in [0.1, 0.15) is 78.6 Å². The molecule has 0 bridgehead atoms. The van der Waals surface area contributed by atoms with Gasteiger partial charge in [0.25, 0.3) is 0 Å². The molecule has 96 valence electrons. The van der Waals surface area contributed by atoms with Crippen molar-refractivity contribution in [3.63, 3.8) is 0 Å². The van der Waals surface area contributed by atoms with E-state index in [1.165, 1.54) is 57.8 Å². The van der Waals surface area contributed by atoms with Crippen LogP contribution in [0, 0.1) is 5.92 Å². The predicted octanol–water partition coefficient (Wildman–Crippen LogP) is 4.51. The summed E-state index contributed by atoms with van der Waals surface area (Å²) in [6.45, 7) is 7.01. The lowest BCUT2D eigenvalue weighted by molar-refractivity contribution is 0.273. The van der Waals surface area contributed by atoms with Gasteiger partial charge in [0, 0.05) is 12.1 Å². The highest BCUT2D eigenvalue weighted by molar-refractivity contribution is 4.79. The van der Waals surface area contributed by atoms with Crippen molar-refractivity contribution in [2.75, 3.05) is 0 Å². The fraction of sp³-hybridized carbons (Fsp3) is 1.00. The van der Waals surface area contributed by atoms with Gasteiger partial charge in [-0.3, -0.25) is 0 Å². The van der Waals surface area contributed by atoms with Crippen LogP contribution in [0.2, 0.25) is 0 Å². The maximum atomic E-state index is 3.91. The first-order chi connectivity index (χ1) is 7.76. The molecule has 0 aliphatic heterocycles. The number of nitrogens with one attached hydrogen (secondary N) is 1. The van der Waals surface area contributed by atoms with Gasteiger partial charge in [-0.1, -0.05) is 40.0 Å². The number of unbranched alkanes of at least 4 members (excludes halogenated alkanes) is 1. The maximum absolute atomic E-state index is 3.91. The van der Waals surface area contributed by atoms with Gasteiger partial charge in [0.15, 0.2) is 0 Å². The van der Waals surface area contributed by atoms with Crippen LogP contribution in [0.3, 0.4) is 0 Å². The molecule has 1 nitrogen and oxygen atoms in total. The quantitative estimate of drug-likeness (QED) is 0.672. The van der Waals surface area contributed by atoms with Crippen LogP contribution in [0.4, 0.5) is 0 Å². The van der Waals surface area contributed by atoms with Gasteiger partial charge in [-0.2, -0.15) is 0 Å². The largest absolute Gasteiger partial charge is 0.311 e. The molecule has 1 aliphatic carbocycles. The Labute approximate surface area is 102 Å². The second-order valence-electron chi connectivity index (χ2n) is 5.75. The predicted molar refractivity (Wildman–Crippen MR) is 72.8 cm³/mol. The van der Waals surface area contributed by atoms with Gasteiger partial charge in [-0.05, 0) is 44.4 Å². The Hall–Kier alpha value is -0.0400. The molecule has 1 rings (SSSR count). The van der Waals surface area contributed by atoms with Gasteiger partial charge in [0.05, 0.1) is 0 Å². The van der Waals surface area contributed by atoms with Crippen molar-refractivity contribution in [2.45, 2.75) is 90.6 Å². The molecule has 1 aliphatic rings. The van der Waals surface area contributed by atoms with E-state index in [9.17, 15) is 0 Å². The van der Waals surface area contributed by atoms with Crippen molar-refractivity contribution in [1.82, 2.24) is 5.32 Å². The zero-order valence-corrected chi connectivity index (χ0v) is 11.6. The third-order valence-electron chi connectivity index (χ3n) is 4.03. The van der Waals surface area contributed by atoms with Crippen LogP contribution in [-0.4, -0.2) is 12.1 Å². The van der Waals surface area contributed by atoms with Crippen LogP contribution >= 0.6 is 0 Å². The Morgan fingerprint density at radius 3 is 2.25 bits per heavy atom. The fourth-order valence-corrected chi connectivity index (χ4v) is 2.87. The van der Waals surface area contributed by atoms with E-state index >= 15 is 0 Å². The molecule has 0 radical (unpaired) electrons. The molecular formula is C15H31N. The van der Waals surface area contributed by atoms with Crippen molar-refractivity contribution >= 4 is 0 Å². The summed E-state index contributed by atoms with van der Waals surface area (Å²) in [5, 5.41) is 3.91. The van der Waals surface area contributed by atoms with Gasteiger partial charge in [0.2, 0.25) is 0 Å². The summed E-state index contributed by atoms with van der Waals surface area (Å²) >= 11 is 0. The molecule has 0 amide bonds. The molecule has 0 saturated heterocycles. The average molecular weight is 225 g/mol. The molecule has 1 N–H and O–H groups in total. The Morgan fingerprint density at radius 1 is 1.00 bits per heavy atom. The van der Waals surface area contributed by atoms with E-state index in [1.54, 1.807) is 0 Å². The van der Waals surface area contributed by atoms with Crippen molar-refractivity contribution in [2.24, 2.45) is 5.92 Å². The van der Waals surface area contributed by atoms with Gasteiger partial charge in [-0.25, -0.2) is 0 Å². The molecule has 0 spiro atoms. The smallest absolute Gasteiger partial charge is 0.00698 e. The first-order valence-corrected chi connectivity index (χ1v) is 7.52. The number of rotatable bonds is 7. The van der Waals surface area contributed by atoms with Crippen LogP contribution in [0.15, 0.2) is 0 Å². The van der Waals surface area contributed by atoms with E-state index in [2.05, 4.69) is 26.1 Å². The fourth-order valence-electron chi connectivity index (χ4n) is 2.87. The summed E-state index contributed by atoms with van der Waals surface area (Å²) < 4.78 is 0. The van der Waals surface area contributed by atoms with Gasteiger partial charge < -0.3 is 5.32 Å². The van der Waals surface area contributed by atoms with Crippen LogP contribution in [-0.2, 0) is 0 Å². The van der Waals surface area contributed by atoms with Crippen molar-refractivity contribution in [1.29, 1.82) is 0 Å². The summed E-state index contributed by atoms with van der Waals surface area (Å²) in [6.07, 6.45) is 12.5. The van der Waals surface area contributed by atoms with Crippen molar-refractivity contribution in [3.8, 4) is 0 Å². The normalized spacial score (nSPS) is 27.9. The summed E-state index contributed by atoms with van der Waals surface area (Å²) in [7, 11) is 0. The monoisotopic (exact) mass is 225 g/mol. The Morgan fingerprint density at radius 2 is 1.69 bits per heavy atom. The number of hydrogen-bond acceptors (Lipinski definition) is 1. The van der Waals surface area contributed by atoms with Gasteiger partial charge in [0.1, 0.15) is 0 Å². The zero-order valence-electron chi connectivity index (χ0n) is 11.6. The molecule has 0 heterocycles. The minimum atomic E-state index is 0.795. The second-order valence-corrected chi connectivity index (χ2v) is 5.75. The average Bonchev–Trinajstić information content (AvgIpc) is 2.29. The minimum Gasteiger partial charge on any atom is -0.311 e. The van der Waals surface area contributed by atoms with E-state index in [0.717, 1.165) is 18.0 Å². The lowest BCUT2D eigenvalue weighted by Crippen LogP contribution is -2.40. The molecular weight excluding hydrogens is 194 g/mol. The van der Waals surface area contributed by atoms with Crippen LogP contribution in [0.5, 0.6) is 0 Å². The molecule has 1 heteroatoms. The molecule has 1 fully saturated rings. The minimum absolute atomic E-state index is 0.795. The lowest BCUT2D eigenvalue weighted by atomic mass is 9.86. The van der Waals surface area contributed by atoms with Gasteiger partial charge >= 0.3 is 0 Å².